The van der Waals surface area contributed by atoms with Crippen molar-refractivity contribution in [1.82, 2.24) is 0 Å². The summed E-state index contributed by atoms with van der Waals surface area (Å²) in [5, 5.41) is 0. The Morgan fingerprint density at radius 1 is 0.643 bits per heavy atom. The average molecular weight is 371 g/mol. The van der Waals surface area contributed by atoms with Gasteiger partial charge in [0.1, 0.15) is 0 Å². The van der Waals surface area contributed by atoms with Crippen molar-refractivity contribution < 1.29 is 0 Å². The quantitative estimate of drug-likeness (QED) is 0.378. The Bertz CT molecular complexity index is 837. The van der Waals surface area contributed by atoms with E-state index in [1.807, 2.05) is 0 Å². The molecule has 3 atom stereocenters. The highest BCUT2D eigenvalue weighted by atomic mass is 14.4. The molecule has 0 aliphatic carbocycles. The first kappa shape index (κ1) is 20.4. The Labute approximate surface area is 171 Å². The van der Waals surface area contributed by atoms with Crippen molar-refractivity contribution in [2.24, 2.45) is 0 Å². The number of benzene rings is 3. The van der Waals surface area contributed by atoms with Crippen LogP contribution >= 0.6 is 0 Å². The summed E-state index contributed by atoms with van der Waals surface area (Å²) in [5.74, 6) is 0.517. The lowest BCUT2D eigenvalue weighted by molar-refractivity contribution is 0.272. The highest BCUT2D eigenvalue weighted by Crippen LogP contribution is 2.45. The van der Waals surface area contributed by atoms with Gasteiger partial charge in [-0.2, -0.15) is 0 Å². The maximum absolute atomic E-state index is 2.47. The number of hydrogen-bond donors (Lipinski definition) is 0. The van der Waals surface area contributed by atoms with Crippen LogP contribution in [0.2, 0.25) is 0 Å². The second kappa shape index (κ2) is 8.78. The van der Waals surface area contributed by atoms with Crippen molar-refractivity contribution in [3.63, 3.8) is 0 Å². The maximum atomic E-state index is 2.47. The Hall–Kier alpha value is -2.34. The van der Waals surface area contributed by atoms with E-state index < -0.39 is 0 Å². The second-order valence-electron chi connectivity index (χ2n) is 8.90. The summed E-state index contributed by atoms with van der Waals surface area (Å²) in [5.41, 5.74) is 4.60. The fourth-order valence-corrected chi connectivity index (χ4v) is 4.84. The Balaban J connectivity index is 1.97. The average Bonchev–Trinajstić information content (AvgIpc) is 2.75. The Morgan fingerprint density at radius 2 is 1.07 bits per heavy atom. The lowest BCUT2D eigenvalue weighted by Crippen LogP contribution is -2.35. The van der Waals surface area contributed by atoms with Gasteiger partial charge in [-0.3, -0.25) is 0 Å². The molecule has 0 spiro atoms. The molecule has 0 nitrogen and oxygen atoms in total. The zero-order valence-electron chi connectivity index (χ0n) is 17.9. The molecule has 0 fully saturated rings. The summed E-state index contributed by atoms with van der Waals surface area (Å²) < 4.78 is 0. The molecule has 3 aromatic rings. The molecule has 0 heterocycles. The molecule has 0 N–H and O–H groups in total. The van der Waals surface area contributed by atoms with Crippen molar-refractivity contribution in [3.05, 3.63) is 108 Å². The van der Waals surface area contributed by atoms with E-state index in [1.165, 1.54) is 16.7 Å². The largest absolute Gasteiger partial charge is 0.0645 e. The molecular weight excluding hydrogens is 336 g/mol. The summed E-state index contributed by atoms with van der Waals surface area (Å²) in [7, 11) is 0. The highest BCUT2D eigenvalue weighted by molar-refractivity contribution is 5.31. The molecule has 0 heteroatoms. The lowest BCUT2D eigenvalue weighted by atomic mass is 9.62. The summed E-state index contributed by atoms with van der Waals surface area (Å²) in [6.07, 6.45) is 3.42. The van der Waals surface area contributed by atoms with Crippen LogP contribution in [-0.4, -0.2) is 0 Å². The molecule has 0 bridgehead atoms. The van der Waals surface area contributed by atoms with E-state index in [1.54, 1.807) is 0 Å². The van der Waals surface area contributed by atoms with Gasteiger partial charge in [-0.1, -0.05) is 119 Å². The zero-order valence-corrected chi connectivity index (χ0v) is 17.9. The van der Waals surface area contributed by atoms with Gasteiger partial charge in [0.15, 0.2) is 0 Å². The minimum Gasteiger partial charge on any atom is -0.0645 e. The van der Waals surface area contributed by atoms with Crippen LogP contribution < -0.4 is 0 Å². The molecule has 0 radical (unpaired) electrons. The molecule has 0 aliphatic rings. The molecule has 0 saturated carbocycles. The third-order valence-electron chi connectivity index (χ3n) is 6.63. The molecule has 146 valence electrons. The van der Waals surface area contributed by atoms with Gasteiger partial charge in [-0.25, -0.2) is 0 Å². The van der Waals surface area contributed by atoms with E-state index in [0.717, 1.165) is 19.3 Å². The van der Waals surface area contributed by atoms with Crippen molar-refractivity contribution >= 4 is 0 Å². The van der Waals surface area contributed by atoms with Gasteiger partial charge >= 0.3 is 0 Å². The van der Waals surface area contributed by atoms with Gasteiger partial charge < -0.3 is 0 Å². The van der Waals surface area contributed by atoms with Gasteiger partial charge in [0.05, 0.1) is 0 Å². The molecule has 0 aromatic heterocycles. The van der Waals surface area contributed by atoms with Crippen LogP contribution in [0.3, 0.4) is 0 Å². The van der Waals surface area contributed by atoms with Crippen LogP contribution in [0.1, 0.15) is 69.6 Å². The van der Waals surface area contributed by atoms with Crippen molar-refractivity contribution in [2.45, 2.75) is 63.7 Å². The molecule has 3 unspecified atom stereocenters. The van der Waals surface area contributed by atoms with Gasteiger partial charge in [0, 0.05) is 0 Å². The molecular formula is C28H34. The van der Waals surface area contributed by atoms with E-state index in [2.05, 4.69) is 119 Å². The van der Waals surface area contributed by atoms with E-state index in [0.29, 0.717) is 5.92 Å². The van der Waals surface area contributed by atoms with E-state index in [4.69, 9.17) is 0 Å². The summed E-state index contributed by atoms with van der Waals surface area (Å²) >= 11 is 0. The molecule has 28 heavy (non-hydrogen) atoms. The van der Waals surface area contributed by atoms with Crippen LogP contribution in [-0.2, 0) is 10.8 Å². The third-order valence-corrected chi connectivity index (χ3v) is 6.63. The number of rotatable bonds is 8. The minimum atomic E-state index is 0.108. The summed E-state index contributed by atoms with van der Waals surface area (Å²) in [4.78, 5) is 0. The molecule has 3 aromatic carbocycles. The Kier molecular flexibility index (Phi) is 6.39. The topological polar surface area (TPSA) is 0 Å². The van der Waals surface area contributed by atoms with Crippen LogP contribution in [0.4, 0.5) is 0 Å². The first-order chi connectivity index (χ1) is 13.5. The van der Waals surface area contributed by atoms with E-state index in [9.17, 15) is 0 Å². The van der Waals surface area contributed by atoms with Gasteiger partial charge in [-0.05, 0) is 52.7 Å². The fourth-order valence-electron chi connectivity index (χ4n) is 4.84. The summed E-state index contributed by atoms with van der Waals surface area (Å²) in [6.45, 7) is 9.62. The van der Waals surface area contributed by atoms with Crippen LogP contribution in [0, 0.1) is 0 Å². The predicted molar refractivity (Wildman–Crippen MR) is 122 cm³/mol. The van der Waals surface area contributed by atoms with Crippen LogP contribution in [0.25, 0.3) is 0 Å². The summed E-state index contributed by atoms with van der Waals surface area (Å²) in [6, 6.07) is 33.2. The molecule has 3 rings (SSSR count). The van der Waals surface area contributed by atoms with Crippen LogP contribution in [0.15, 0.2) is 91.0 Å². The fraction of sp³-hybridized carbons (Fsp3) is 0.357. The van der Waals surface area contributed by atoms with E-state index in [-0.39, 0.29) is 10.8 Å². The van der Waals surface area contributed by atoms with Gasteiger partial charge in [0.2, 0.25) is 0 Å². The van der Waals surface area contributed by atoms with Crippen LogP contribution in [0.5, 0.6) is 0 Å². The highest BCUT2D eigenvalue weighted by Gasteiger charge is 2.37. The minimum absolute atomic E-state index is 0.108. The number of hydrogen-bond acceptors (Lipinski definition) is 0. The second-order valence-corrected chi connectivity index (χ2v) is 8.90. The van der Waals surface area contributed by atoms with E-state index >= 15 is 0 Å². The molecule has 0 saturated heterocycles. The Morgan fingerprint density at radius 3 is 1.54 bits per heavy atom. The van der Waals surface area contributed by atoms with Crippen molar-refractivity contribution in [3.8, 4) is 0 Å². The lowest BCUT2D eigenvalue weighted by Gasteiger charge is -2.42. The molecule has 0 aliphatic heterocycles. The first-order valence-corrected chi connectivity index (χ1v) is 10.6. The van der Waals surface area contributed by atoms with Gasteiger partial charge in [-0.15, -0.1) is 0 Å². The first-order valence-electron chi connectivity index (χ1n) is 10.6. The zero-order chi connectivity index (χ0) is 20.0. The van der Waals surface area contributed by atoms with Gasteiger partial charge in [0.25, 0.3) is 0 Å². The predicted octanol–water partition coefficient (Wildman–Crippen LogP) is 7.90. The smallest absolute Gasteiger partial charge is 0.00612 e. The normalized spacial score (nSPS) is 16.7. The van der Waals surface area contributed by atoms with Crippen molar-refractivity contribution in [1.29, 1.82) is 0 Å². The third kappa shape index (κ3) is 4.55. The standard InChI is InChI=1S/C28H34/c1-5-27(3,25-17-11-7-12-18-25)22-28(4,26-19-13-8-14-20-26)21-23(2)24-15-9-6-10-16-24/h6-20,23H,5,21-22H2,1-4H3. The molecule has 0 amide bonds. The monoisotopic (exact) mass is 370 g/mol. The SMILES string of the molecule is CCC(C)(CC(C)(CC(C)c1ccccc1)c1ccccc1)c1ccccc1. The maximum Gasteiger partial charge on any atom is -0.00612 e. The van der Waals surface area contributed by atoms with Crippen molar-refractivity contribution in [2.75, 3.05) is 0 Å².